The minimum Gasteiger partial charge on any atom is -0.377 e. The Bertz CT molecular complexity index is 768. The van der Waals surface area contributed by atoms with E-state index in [9.17, 15) is 9.59 Å². The molecule has 0 bridgehead atoms. The molecule has 1 atom stereocenters. The lowest BCUT2D eigenvalue weighted by atomic mass is 9.95. The van der Waals surface area contributed by atoms with E-state index < -0.39 is 0 Å². The van der Waals surface area contributed by atoms with Gasteiger partial charge in [-0.25, -0.2) is 0 Å². The van der Waals surface area contributed by atoms with Gasteiger partial charge in [0.1, 0.15) is 5.69 Å². The third-order valence-electron chi connectivity index (χ3n) is 4.51. The van der Waals surface area contributed by atoms with E-state index in [1.807, 2.05) is 36.9 Å². The largest absolute Gasteiger partial charge is 0.377 e. The minimum absolute atomic E-state index is 0.143. The monoisotopic (exact) mass is 300 g/mol. The molecule has 1 N–H and O–H groups in total. The summed E-state index contributed by atoms with van der Waals surface area (Å²) in [7, 11) is 0. The summed E-state index contributed by atoms with van der Waals surface area (Å²) in [5, 5.41) is 1.38. The van der Waals surface area contributed by atoms with Gasteiger partial charge in [-0.05, 0) is 30.9 Å². The van der Waals surface area contributed by atoms with Crippen LogP contribution in [-0.4, -0.2) is 41.1 Å². The summed E-state index contributed by atoms with van der Waals surface area (Å²) in [6, 6.07) is 9.04. The molecule has 0 radical (unpaired) electrons. The van der Waals surface area contributed by atoms with Gasteiger partial charge < -0.3 is 14.6 Å². The number of hydrogen-bond donors (Lipinski definition) is 1. The number of H-pyrrole nitrogens is 1. The van der Waals surface area contributed by atoms with Gasteiger partial charge >= 0.3 is 0 Å². The number of amides is 1. The number of hydrogen-bond acceptors (Lipinski definition) is 3. The van der Waals surface area contributed by atoms with Gasteiger partial charge in [0.25, 0.3) is 11.5 Å². The second-order valence-electron chi connectivity index (χ2n) is 5.96. The lowest BCUT2D eigenvalue weighted by Crippen LogP contribution is -2.57. The van der Waals surface area contributed by atoms with E-state index in [-0.39, 0.29) is 17.0 Å². The van der Waals surface area contributed by atoms with E-state index in [2.05, 4.69) is 4.98 Å². The Morgan fingerprint density at radius 1 is 1.41 bits per heavy atom. The average molecular weight is 300 g/mol. The number of fused-ring (bicyclic) bond motifs is 1. The lowest BCUT2D eigenvalue weighted by Gasteiger charge is -2.44. The highest BCUT2D eigenvalue weighted by molar-refractivity contribution is 5.96. The van der Waals surface area contributed by atoms with Crippen LogP contribution in [0.2, 0.25) is 0 Å². The molecule has 1 aromatic carbocycles. The van der Waals surface area contributed by atoms with Crippen molar-refractivity contribution in [1.29, 1.82) is 0 Å². The zero-order valence-corrected chi connectivity index (χ0v) is 12.9. The van der Waals surface area contributed by atoms with Crippen LogP contribution in [0.15, 0.2) is 35.1 Å². The summed E-state index contributed by atoms with van der Waals surface area (Å²) in [6.07, 6.45) is 0.802. The van der Waals surface area contributed by atoms with Crippen LogP contribution in [0.3, 0.4) is 0 Å². The molecule has 0 spiro atoms. The standard InChI is InChI=1S/C17H20N2O3/c1-3-17(2)11-22-9-8-19(17)16(21)14-10-12-6-4-5-7-13(12)15(20)18-14/h4-7,10H,3,8-9,11H2,1-2H3,(H,18,20). The van der Waals surface area contributed by atoms with E-state index in [0.29, 0.717) is 30.8 Å². The zero-order valence-electron chi connectivity index (χ0n) is 12.9. The van der Waals surface area contributed by atoms with Crippen LogP contribution >= 0.6 is 0 Å². The summed E-state index contributed by atoms with van der Waals surface area (Å²) >= 11 is 0. The molecule has 1 aromatic heterocycles. The number of carbonyl (C=O) groups excluding carboxylic acids is 1. The summed E-state index contributed by atoms with van der Waals surface area (Å²) in [4.78, 5) is 29.6. The molecule has 1 aliphatic rings. The van der Waals surface area contributed by atoms with Crippen molar-refractivity contribution in [3.8, 4) is 0 Å². The van der Waals surface area contributed by atoms with E-state index in [1.165, 1.54) is 0 Å². The molecule has 5 heteroatoms. The highest BCUT2D eigenvalue weighted by Gasteiger charge is 2.37. The highest BCUT2D eigenvalue weighted by Crippen LogP contribution is 2.25. The van der Waals surface area contributed by atoms with Crippen molar-refractivity contribution in [2.75, 3.05) is 19.8 Å². The van der Waals surface area contributed by atoms with Crippen molar-refractivity contribution in [1.82, 2.24) is 9.88 Å². The molecule has 116 valence electrons. The molecule has 0 saturated carbocycles. The lowest BCUT2D eigenvalue weighted by molar-refractivity contribution is -0.0468. The SMILES string of the molecule is CCC1(C)COCCN1C(=O)c1cc2ccccc2c(=O)[nH]1. The molecule has 1 aliphatic heterocycles. The third-order valence-corrected chi connectivity index (χ3v) is 4.51. The molecule has 1 unspecified atom stereocenters. The Kier molecular flexibility index (Phi) is 3.74. The molecule has 1 fully saturated rings. The number of aromatic nitrogens is 1. The predicted molar refractivity (Wildman–Crippen MR) is 85.1 cm³/mol. The fraction of sp³-hybridized carbons (Fsp3) is 0.412. The molecule has 0 aliphatic carbocycles. The smallest absolute Gasteiger partial charge is 0.271 e. The third kappa shape index (κ3) is 2.41. The molecule has 3 rings (SSSR count). The number of aromatic amines is 1. The van der Waals surface area contributed by atoms with Crippen LogP contribution in [0.4, 0.5) is 0 Å². The van der Waals surface area contributed by atoms with Gasteiger partial charge in [0.05, 0.1) is 18.8 Å². The fourth-order valence-electron chi connectivity index (χ4n) is 2.91. The molecule has 2 heterocycles. The van der Waals surface area contributed by atoms with Crippen molar-refractivity contribution >= 4 is 16.7 Å². The quantitative estimate of drug-likeness (QED) is 0.924. The number of rotatable bonds is 2. The van der Waals surface area contributed by atoms with Crippen LogP contribution in [0, 0.1) is 0 Å². The molecular weight excluding hydrogens is 280 g/mol. The van der Waals surface area contributed by atoms with Crippen LogP contribution in [0.25, 0.3) is 10.8 Å². The number of morpholine rings is 1. The summed E-state index contributed by atoms with van der Waals surface area (Å²) < 4.78 is 5.52. The maximum absolute atomic E-state index is 12.9. The molecule has 1 saturated heterocycles. The van der Waals surface area contributed by atoms with Gasteiger partial charge in [-0.1, -0.05) is 25.1 Å². The van der Waals surface area contributed by atoms with Crippen molar-refractivity contribution in [2.24, 2.45) is 0 Å². The Hall–Kier alpha value is -2.14. The van der Waals surface area contributed by atoms with Crippen LogP contribution < -0.4 is 5.56 Å². The average Bonchev–Trinajstić information content (AvgIpc) is 2.54. The second kappa shape index (κ2) is 5.57. The van der Waals surface area contributed by atoms with E-state index in [0.717, 1.165) is 11.8 Å². The van der Waals surface area contributed by atoms with E-state index >= 15 is 0 Å². The van der Waals surface area contributed by atoms with Crippen LogP contribution in [-0.2, 0) is 4.74 Å². The number of carbonyl (C=O) groups is 1. The number of nitrogens with one attached hydrogen (secondary N) is 1. The molecule has 2 aromatic rings. The Morgan fingerprint density at radius 3 is 2.95 bits per heavy atom. The Morgan fingerprint density at radius 2 is 2.18 bits per heavy atom. The minimum atomic E-state index is -0.335. The molecular formula is C17H20N2O3. The zero-order chi connectivity index (χ0) is 15.7. The Balaban J connectivity index is 2.03. The van der Waals surface area contributed by atoms with Crippen LogP contribution in [0.5, 0.6) is 0 Å². The number of pyridine rings is 1. The number of benzene rings is 1. The molecule has 22 heavy (non-hydrogen) atoms. The maximum Gasteiger partial charge on any atom is 0.271 e. The van der Waals surface area contributed by atoms with Crippen molar-refractivity contribution in [2.45, 2.75) is 25.8 Å². The number of ether oxygens (including phenoxy) is 1. The van der Waals surface area contributed by atoms with Gasteiger partial charge in [-0.2, -0.15) is 0 Å². The van der Waals surface area contributed by atoms with Crippen LogP contribution in [0.1, 0.15) is 30.8 Å². The first kappa shape index (κ1) is 14.8. The highest BCUT2D eigenvalue weighted by atomic mass is 16.5. The molecule has 1 amide bonds. The molecule has 5 nitrogen and oxygen atoms in total. The van der Waals surface area contributed by atoms with Gasteiger partial charge in [0.2, 0.25) is 0 Å². The van der Waals surface area contributed by atoms with Gasteiger partial charge in [-0.3, -0.25) is 9.59 Å². The van der Waals surface area contributed by atoms with Gasteiger partial charge in [-0.15, -0.1) is 0 Å². The van der Waals surface area contributed by atoms with E-state index in [4.69, 9.17) is 4.74 Å². The second-order valence-corrected chi connectivity index (χ2v) is 5.96. The first-order chi connectivity index (χ1) is 10.5. The first-order valence-electron chi connectivity index (χ1n) is 7.57. The van der Waals surface area contributed by atoms with Crippen molar-refractivity contribution in [3.63, 3.8) is 0 Å². The summed E-state index contributed by atoms with van der Waals surface area (Å²) in [6.45, 7) is 5.64. The topological polar surface area (TPSA) is 62.4 Å². The predicted octanol–water partition coefficient (Wildman–Crippen LogP) is 2.17. The summed E-state index contributed by atoms with van der Waals surface area (Å²) in [5.74, 6) is -0.143. The summed E-state index contributed by atoms with van der Waals surface area (Å²) in [5.41, 5.74) is -0.226. The van der Waals surface area contributed by atoms with Crippen molar-refractivity contribution < 1.29 is 9.53 Å². The number of nitrogens with zero attached hydrogens (tertiary/aromatic N) is 1. The van der Waals surface area contributed by atoms with Crippen molar-refractivity contribution in [3.05, 3.63) is 46.4 Å². The first-order valence-corrected chi connectivity index (χ1v) is 7.57. The fourth-order valence-corrected chi connectivity index (χ4v) is 2.91. The maximum atomic E-state index is 12.9. The van der Waals surface area contributed by atoms with Gasteiger partial charge in [0, 0.05) is 11.9 Å². The van der Waals surface area contributed by atoms with E-state index in [1.54, 1.807) is 12.1 Å². The Labute approximate surface area is 128 Å². The normalized spacial score (nSPS) is 22.0. The van der Waals surface area contributed by atoms with Gasteiger partial charge in [0.15, 0.2) is 0 Å².